The van der Waals surface area contributed by atoms with Crippen LogP contribution in [0.4, 0.5) is 0 Å². The molecule has 4 heteroatoms. The van der Waals surface area contributed by atoms with Crippen LogP contribution in [0.1, 0.15) is 26.2 Å². The average Bonchev–Trinajstić information content (AvgIpc) is 3.13. The molecule has 1 aliphatic carbocycles. The van der Waals surface area contributed by atoms with E-state index < -0.39 is 0 Å². The number of nitrogens with one attached hydrogen (secondary N) is 1. The van der Waals surface area contributed by atoms with Crippen molar-refractivity contribution >= 4 is 0 Å². The zero-order valence-corrected chi connectivity index (χ0v) is 11.8. The molecule has 3 rings (SSSR count). The molecule has 3 unspecified atom stereocenters. The largest absolute Gasteiger partial charge is 0.374 e. The molecule has 0 aromatic rings. The van der Waals surface area contributed by atoms with E-state index in [9.17, 15) is 0 Å². The Balaban J connectivity index is 1.54. The minimum atomic E-state index is 0.383. The monoisotopic (exact) mass is 253 g/mol. The minimum Gasteiger partial charge on any atom is -0.374 e. The number of nitrogens with zero attached hydrogens (tertiary/aromatic N) is 2. The van der Waals surface area contributed by atoms with Gasteiger partial charge in [-0.3, -0.25) is 9.80 Å². The lowest BCUT2D eigenvalue weighted by Crippen LogP contribution is -2.51. The minimum absolute atomic E-state index is 0.383. The SMILES string of the molecule is CNCC1CN(C2CC(C)N(C3CC3)C2)CCO1. The zero-order valence-electron chi connectivity index (χ0n) is 11.8. The molecule has 0 radical (unpaired) electrons. The van der Waals surface area contributed by atoms with Crippen molar-refractivity contribution in [2.45, 2.75) is 50.4 Å². The lowest BCUT2D eigenvalue weighted by molar-refractivity contribution is -0.0398. The van der Waals surface area contributed by atoms with E-state index in [2.05, 4.69) is 22.0 Å². The molecule has 3 fully saturated rings. The summed E-state index contributed by atoms with van der Waals surface area (Å²) in [6.07, 6.45) is 4.60. The van der Waals surface area contributed by atoms with E-state index in [0.29, 0.717) is 6.10 Å². The summed E-state index contributed by atoms with van der Waals surface area (Å²) in [4.78, 5) is 5.41. The molecule has 3 atom stereocenters. The molecule has 0 amide bonds. The van der Waals surface area contributed by atoms with Crippen LogP contribution >= 0.6 is 0 Å². The predicted octanol–water partition coefficient (Wildman–Crippen LogP) is 0.532. The molecule has 0 spiro atoms. The fourth-order valence-corrected chi connectivity index (χ4v) is 3.63. The van der Waals surface area contributed by atoms with Gasteiger partial charge in [0.05, 0.1) is 12.7 Å². The third-order valence-corrected chi connectivity index (χ3v) is 4.74. The molecule has 2 aliphatic heterocycles. The van der Waals surface area contributed by atoms with Gasteiger partial charge in [-0.2, -0.15) is 0 Å². The summed E-state index contributed by atoms with van der Waals surface area (Å²) in [5, 5.41) is 3.23. The van der Waals surface area contributed by atoms with E-state index in [1.165, 1.54) is 25.8 Å². The lowest BCUT2D eigenvalue weighted by Gasteiger charge is -2.36. The van der Waals surface area contributed by atoms with Crippen molar-refractivity contribution in [3.8, 4) is 0 Å². The Morgan fingerprint density at radius 3 is 2.78 bits per heavy atom. The first kappa shape index (κ1) is 12.9. The van der Waals surface area contributed by atoms with Crippen molar-refractivity contribution in [1.82, 2.24) is 15.1 Å². The molecular formula is C14H27N3O. The summed E-state index contributed by atoms with van der Waals surface area (Å²) in [6, 6.07) is 2.47. The van der Waals surface area contributed by atoms with Crippen LogP contribution in [0.3, 0.4) is 0 Å². The first-order valence-corrected chi connectivity index (χ1v) is 7.54. The maximum Gasteiger partial charge on any atom is 0.0826 e. The second-order valence-corrected chi connectivity index (χ2v) is 6.21. The van der Waals surface area contributed by atoms with Crippen molar-refractivity contribution in [3.63, 3.8) is 0 Å². The van der Waals surface area contributed by atoms with Gasteiger partial charge in [-0.15, -0.1) is 0 Å². The Labute approximate surface area is 111 Å². The number of hydrogen-bond donors (Lipinski definition) is 1. The first-order valence-electron chi connectivity index (χ1n) is 7.54. The average molecular weight is 253 g/mol. The van der Waals surface area contributed by atoms with Gasteiger partial charge >= 0.3 is 0 Å². The highest BCUT2D eigenvalue weighted by Gasteiger charge is 2.41. The Hall–Kier alpha value is -0.160. The van der Waals surface area contributed by atoms with Gasteiger partial charge in [0.1, 0.15) is 0 Å². The summed E-state index contributed by atoms with van der Waals surface area (Å²) in [5.74, 6) is 0. The first-order chi connectivity index (χ1) is 8.78. The standard InChI is InChI=1S/C14H27N3O/c1-11-7-13(9-17(11)12-3-4-12)16-5-6-18-14(10-16)8-15-2/h11-15H,3-10H2,1-2H3. The van der Waals surface area contributed by atoms with Crippen LogP contribution in [0.25, 0.3) is 0 Å². The van der Waals surface area contributed by atoms with Gasteiger partial charge in [0.25, 0.3) is 0 Å². The van der Waals surface area contributed by atoms with Crippen LogP contribution in [0.2, 0.25) is 0 Å². The highest BCUT2D eigenvalue weighted by molar-refractivity contribution is 4.97. The van der Waals surface area contributed by atoms with Crippen LogP contribution in [0.5, 0.6) is 0 Å². The Bertz CT molecular complexity index is 280. The van der Waals surface area contributed by atoms with Crippen molar-refractivity contribution in [1.29, 1.82) is 0 Å². The second kappa shape index (κ2) is 5.45. The summed E-state index contributed by atoms with van der Waals surface area (Å²) in [7, 11) is 2.01. The van der Waals surface area contributed by atoms with Gasteiger partial charge in [0.15, 0.2) is 0 Å². The van der Waals surface area contributed by atoms with E-state index in [4.69, 9.17) is 4.74 Å². The van der Waals surface area contributed by atoms with Crippen molar-refractivity contribution in [2.24, 2.45) is 0 Å². The molecule has 1 saturated carbocycles. The van der Waals surface area contributed by atoms with Crippen LogP contribution in [0.15, 0.2) is 0 Å². The maximum absolute atomic E-state index is 5.80. The molecule has 2 saturated heterocycles. The normalized spacial score (nSPS) is 39.3. The van der Waals surface area contributed by atoms with E-state index in [1.807, 2.05) is 7.05 Å². The van der Waals surface area contributed by atoms with E-state index in [1.54, 1.807) is 0 Å². The fourth-order valence-electron chi connectivity index (χ4n) is 3.63. The second-order valence-electron chi connectivity index (χ2n) is 6.21. The maximum atomic E-state index is 5.80. The third-order valence-electron chi connectivity index (χ3n) is 4.74. The van der Waals surface area contributed by atoms with Gasteiger partial charge in [0.2, 0.25) is 0 Å². The number of ether oxygens (including phenoxy) is 1. The summed E-state index contributed by atoms with van der Waals surface area (Å²) >= 11 is 0. The summed E-state index contributed by atoms with van der Waals surface area (Å²) < 4.78 is 5.80. The highest BCUT2D eigenvalue weighted by atomic mass is 16.5. The number of likely N-dealkylation sites (tertiary alicyclic amines) is 1. The molecule has 0 aromatic heterocycles. The van der Waals surface area contributed by atoms with Crippen LogP contribution in [-0.4, -0.2) is 73.9 Å². The van der Waals surface area contributed by atoms with Gasteiger partial charge in [0, 0.05) is 44.3 Å². The van der Waals surface area contributed by atoms with Gasteiger partial charge in [-0.05, 0) is 33.2 Å². The number of hydrogen-bond acceptors (Lipinski definition) is 4. The van der Waals surface area contributed by atoms with Crippen molar-refractivity contribution in [3.05, 3.63) is 0 Å². The van der Waals surface area contributed by atoms with Crippen LogP contribution < -0.4 is 5.32 Å². The molecule has 0 bridgehead atoms. The number of likely N-dealkylation sites (N-methyl/N-ethyl adjacent to an activating group) is 1. The molecule has 4 nitrogen and oxygen atoms in total. The molecule has 3 aliphatic rings. The third kappa shape index (κ3) is 2.72. The molecule has 18 heavy (non-hydrogen) atoms. The fraction of sp³-hybridized carbons (Fsp3) is 1.00. The van der Waals surface area contributed by atoms with Gasteiger partial charge < -0.3 is 10.1 Å². The zero-order chi connectivity index (χ0) is 12.5. The topological polar surface area (TPSA) is 27.7 Å². The molecule has 2 heterocycles. The van der Waals surface area contributed by atoms with E-state index >= 15 is 0 Å². The van der Waals surface area contributed by atoms with E-state index in [-0.39, 0.29) is 0 Å². The smallest absolute Gasteiger partial charge is 0.0826 e. The number of morpholine rings is 1. The van der Waals surface area contributed by atoms with Crippen molar-refractivity contribution < 1.29 is 4.74 Å². The predicted molar refractivity (Wildman–Crippen MR) is 72.8 cm³/mol. The van der Waals surface area contributed by atoms with Crippen LogP contribution in [0, 0.1) is 0 Å². The lowest BCUT2D eigenvalue weighted by atomic mass is 10.1. The van der Waals surface area contributed by atoms with Gasteiger partial charge in [-0.25, -0.2) is 0 Å². The quantitative estimate of drug-likeness (QED) is 0.791. The Kier molecular flexibility index (Phi) is 3.89. The molecule has 0 aromatic carbocycles. The summed E-state index contributed by atoms with van der Waals surface area (Å²) in [5.41, 5.74) is 0. The van der Waals surface area contributed by atoms with Crippen molar-refractivity contribution in [2.75, 3.05) is 39.8 Å². The highest BCUT2D eigenvalue weighted by Crippen LogP contribution is 2.34. The Morgan fingerprint density at radius 1 is 1.22 bits per heavy atom. The number of rotatable bonds is 4. The molecule has 104 valence electrons. The van der Waals surface area contributed by atoms with Gasteiger partial charge in [-0.1, -0.05) is 0 Å². The Morgan fingerprint density at radius 2 is 2.06 bits per heavy atom. The summed E-state index contributed by atoms with van der Waals surface area (Å²) in [6.45, 7) is 7.81. The molecule has 1 N–H and O–H groups in total. The van der Waals surface area contributed by atoms with Crippen LogP contribution in [-0.2, 0) is 4.74 Å². The van der Waals surface area contributed by atoms with E-state index in [0.717, 1.165) is 44.4 Å². The molecular weight excluding hydrogens is 226 g/mol.